The van der Waals surface area contributed by atoms with Gasteiger partial charge in [-0.05, 0) is 86.2 Å². The van der Waals surface area contributed by atoms with E-state index in [1.54, 1.807) is 0 Å². The summed E-state index contributed by atoms with van der Waals surface area (Å²) in [5, 5.41) is 0. The van der Waals surface area contributed by atoms with Crippen LogP contribution in [0, 0.1) is 6.92 Å². The van der Waals surface area contributed by atoms with Gasteiger partial charge < -0.3 is 0 Å². The van der Waals surface area contributed by atoms with Gasteiger partial charge in [0, 0.05) is 0 Å². The highest BCUT2D eigenvalue weighted by Crippen LogP contribution is 2.63. The third-order valence-electron chi connectivity index (χ3n) is 8.17. The van der Waals surface area contributed by atoms with Gasteiger partial charge in [0.15, 0.2) is 0 Å². The molecule has 0 amide bonds. The summed E-state index contributed by atoms with van der Waals surface area (Å²) in [5.41, 5.74) is 16.4. The lowest BCUT2D eigenvalue weighted by Gasteiger charge is -2.31. The van der Waals surface area contributed by atoms with Crippen LogP contribution in [-0.4, -0.2) is 0 Å². The van der Waals surface area contributed by atoms with Crippen molar-refractivity contribution in [2.45, 2.75) is 32.1 Å². The highest BCUT2D eigenvalue weighted by atomic mass is 14.5. The fourth-order valence-electron chi connectivity index (χ4n) is 6.81. The van der Waals surface area contributed by atoms with E-state index >= 15 is 0 Å². The van der Waals surface area contributed by atoms with Gasteiger partial charge >= 0.3 is 0 Å². The molecule has 0 heterocycles. The molecular formula is C35H28. The minimum Gasteiger partial charge on any atom is -0.0651 e. The van der Waals surface area contributed by atoms with Gasteiger partial charge in [-0.15, -0.1) is 0 Å². The highest BCUT2D eigenvalue weighted by Gasteiger charge is 2.51. The van der Waals surface area contributed by atoms with Crippen LogP contribution >= 0.6 is 0 Å². The molecule has 2 aliphatic carbocycles. The minimum absolute atomic E-state index is 0.259. The van der Waals surface area contributed by atoms with E-state index in [4.69, 9.17) is 0 Å². The lowest BCUT2D eigenvalue weighted by Crippen LogP contribution is -2.25. The van der Waals surface area contributed by atoms with Crippen molar-refractivity contribution in [1.82, 2.24) is 0 Å². The summed E-state index contributed by atoms with van der Waals surface area (Å²) in [7, 11) is 0. The van der Waals surface area contributed by atoms with Gasteiger partial charge in [0.2, 0.25) is 0 Å². The molecule has 168 valence electrons. The Morgan fingerprint density at radius 1 is 0.486 bits per heavy atom. The molecule has 0 unspecified atom stereocenters. The van der Waals surface area contributed by atoms with Crippen molar-refractivity contribution in [3.63, 3.8) is 0 Å². The van der Waals surface area contributed by atoms with Gasteiger partial charge in [0.25, 0.3) is 0 Å². The van der Waals surface area contributed by atoms with E-state index in [0.717, 1.165) is 12.8 Å². The van der Waals surface area contributed by atoms with Crippen molar-refractivity contribution in [3.05, 3.63) is 143 Å². The lowest BCUT2D eigenvalue weighted by molar-refractivity contribution is 0.793. The molecule has 0 radical (unpaired) electrons. The Labute approximate surface area is 207 Å². The average molecular weight is 449 g/mol. The summed E-state index contributed by atoms with van der Waals surface area (Å²) in [6.45, 7) is 4.56. The average Bonchev–Trinajstić information content (AvgIpc) is 3.36. The first-order chi connectivity index (χ1) is 17.2. The molecule has 0 fully saturated rings. The Balaban J connectivity index is 1.59. The van der Waals surface area contributed by atoms with Gasteiger partial charge in [-0.1, -0.05) is 116 Å². The van der Waals surface area contributed by atoms with Crippen LogP contribution in [0.3, 0.4) is 0 Å². The van der Waals surface area contributed by atoms with Crippen LogP contribution in [0.25, 0.3) is 33.4 Å². The minimum atomic E-state index is -0.259. The molecule has 7 rings (SSSR count). The smallest absolute Gasteiger partial charge is 0.0651 e. The number of hydrogen-bond donors (Lipinski definition) is 0. The third-order valence-corrected chi connectivity index (χ3v) is 8.17. The quantitative estimate of drug-likeness (QED) is 0.253. The molecule has 1 spiro atoms. The molecule has 0 saturated carbocycles. The first-order valence-corrected chi connectivity index (χ1v) is 12.8. The van der Waals surface area contributed by atoms with Gasteiger partial charge in [-0.25, -0.2) is 0 Å². The van der Waals surface area contributed by atoms with Gasteiger partial charge in [-0.3, -0.25) is 0 Å². The standard InChI is InChI=1S/C35H28/c1-3-12-24-13-4-5-14-25(24)29-22-30-28-17-8-11-20-33(28)35(34(30)21-23(29)2)31-18-9-6-15-26(31)27-16-7-10-19-32(27)35/h4-11,13-22H,3,12H2,1-2H3. The van der Waals surface area contributed by atoms with Crippen LogP contribution in [0.4, 0.5) is 0 Å². The van der Waals surface area contributed by atoms with Crippen LogP contribution in [0.2, 0.25) is 0 Å². The van der Waals surface area contributed by atoms with Crippen molar-refractivity contribution in [1.29, 1.82) is 0 Å². The zero-order valence-electron chi connectivity index (χ0n) is 20.3. The topological polar surface area (TPSA) is 0 Å². The SMILES string of the molecule is CCCc1ccccc1-c1cc2c(cc1C)C1(c3ccccc3-c3ccccc31)c1ccccc1-2. The van der Waals surface area contributed by atoms with Crippen molar-refractivity contribution in [3.8, 4) is 33.4 Å². The molecule has 0 aromatic heterocycles. The predicted molar refractivity (Wildman–Crippen MR) is 147 cm³/mol. The van der Waals surface area contributed by atoms with Crippen molar-refractivity contribution >= 4 is 0 Å². The Hall–Kier alpha value is -3.90. The fraction of sp³-hybridized carbons (Fsp3) is 0.143. The van der Waals surface area contributed by atoms with E-state index in [0.29, 0.717) is 0 Å². The number of rotatable bonds is 3. The van der Waals surface area contributed by atoms with Gasteiger partial charge in [-0.2, -0.15) is 0 Å². The van der Waals surface area contributed by atoms with E-state index < -0.39 is 0 Å². The van der Waals surface area contributed by atoms with Crippen LogP contribution in [0.5, 0.6) is 0 Å². The summed E-state index contributed by atoms with van der Waals surface area (Å²) in [6, 6.07) is 41.1. The Bertz CT molecular complexity index is 1570. The summed E-state index contributed by atoms with van der Waals surface area (Å²) < 4.78 is 0. The molecule has 0 N–H and O–H groups in total. The first-order valence-electron chi connectivity index (χ1n) is 12.8. The number of hydrogen-bond acceptors (Lipinski definition) is 0. The summed E-state index contributed by atoms with van der Waals surface area (Å²) in [6.07, 6.45) is 2.26. The lowest BCUT2D eigenvalue weighted by atomic mass is 9.70. The number of aryl methyl sites for hydroxylation is 2. The van der Waals surface area contributed by atoms with E-state index in [2.05, 4.69) is 123 Å². The Kier molecular flexibility index (Phi) is 4.42. The van der Waals surface area contributed by atoms with E-state index in [1.165, 1.54) is 66.8 Å². The molecule has 0 heteroatoms. The summed E-state index contributed by atoms with van der Waals surface area (Å²) >= 11 is 0. The fourth-order valence-corrected chi connectivity index (χ4v) is 6.81. The Morgan fingerprint density at radius 2 is 0.971 bits per heavy atom. The van der Waals surface area contributed by atoms with E-state index in [9.17, 15) is 0 Å². The zero-order chi connectivity index (χ0) is 23.6. The second-order valence-corrected chi connectivity index (χ2v) is 10.0. The van der Waals surface area contributed by atoms with E-state index in [-0.39, 0.29) is 5.41 Å². The van der Waals surface area contributed by atoms with Crippen molar-refractivity contribution in [2.24, 2.45) is 0 Å². The molecular weight excluding hydrogens is 420 g/mol. The third kappa shape index (κ3) is 2.63. The monoisotopic (exact) mass is 448 g/mol. The zero-order valence-corrected chi connectivity index (χ0v) is 20.3. The summed E-state index contributed by atoms with van der Waals surface area (Å²) in [4.78, 5) is 0. The first kappa shape index (κ1) is 20.5. The molecule has 35 heavy (non-hydrogen) atoms. The van der Waals surface area contributed by atoms with E-state index in [1.807, 2.05) is 0 Å². The molecule has 0 saturated heterocycles. The maximum atomic E-state index is 2.49. The molecule has 5 aromatic carbocycles. The Morgan fingerprint density at radius 3 is 1.54 bits per heavy atom. The molecule has 0 atom stereocenters. The number of benzene rings is 5. The summed E-state index contributed by atoms with van der Waals surface area (Å²) in [5.74, 6) is 0. The van der Waals surface area contributed by atoms with Crippen LogP contribution < -0.4 is 0 Å². The molecule has 0 bridgehead atoms. The predicted octanol–water partition coefficient (Wildman–Crippen LogP) is 8.96. The van der Waals surface area contributed by atoms with Crippen molar-refractivity contribution in [2.75, 3.05) is 0 Å². The van der Waals surface area contributed by atoms with Gasteiger partial charge in [0.05, 0.1) is 5.41 Å². The molecule has 0 aliphatic heterocycles. The van der Waals surface area contributed by atoms with Crippen LogP contribution in [0.15, 0.2) is 109 Å². The highest BCUT2D eigenvalue weighted by molar-refractivity contribution is 5.96. The largest absolute Gasteiger partial charge is 0.0725 e. The second kappa shape index (κ2) is 7.55. The maximum Gasteiger partial charge on any atom is 0.0725 e. The van der Waals surface area contributed by atoms with Gasteiger partial charge in [0.1, 0.15) is 0 Å². The maximum absolute atomic E-state index is 2.49. The normalized spacial score (nSPS) is 13.9. The molecule has 5 aromatic rings. The molecule has 0 nitrogen and oxygen atoms in total. The van der Waals surface area contributed by atoms with Crippen molar-refractivity contribution < 1.29 is 0 Å². The van der Waals surface area contributed by atoms with Crippen LogP contribution in [-0.2, 0) is 11.8 Å². The second-order valence-electron chi connectivity index (χ2n) is 10.0. The molecule has 2 aliphatic rings. The number of fused-ring (bicyclic) bond motifs is 10. The van der Waals surface area contributed by atoms with Crippen LogP contribution in [0.1, 0.15) is 46.7 Å².